The second-order valence-corrected chi connectivity index (χ2v) is 6.80. The SMILES string of the molecule is CCc1nn2c(C#N)c(-c3ccc(CC(C)C)cc3)nc2s1. The van der Waals surface area contributed by atoms with Crippen LogP contribution >= 0.6 is 11.3 Å². The zero-order chi connectivity index (χ0) is 15.7. The first-order valence-corrected chi connectivity index (χ1v) is 8.31. The molecule has 4 nitrogen and oxygen atoms in total. The number of aryl methyl sites for hydroxylation is 1. The third-order valence-electron chi connectivity index (χ3n) is 3.53. The summed E-state index contributed by atoms with van der Waals surface area (Å²) in [6, 6.07) is 10.6. The smallest absolute Gasteiger partial charge is 0.214 e. The highest BCUT2D eigenvalue weighted by atomic mass is 32.1. The van der Waals surface area contributed by atoms with E-state index in [1.807, 2.05) is 12.1 Å². The molecular formula is C17H18N4S. The molecule has 0 N–H and O–H groups in total. The van der Waals surface area contributed by atoms with E-state index in [0.29, 0.717) is 11.6 Å². The molecule has 112 valence electrons. The molecule has 0 bridgehead atoms. The van der Waals surface area contributed by atoms with Crippen molar-refractivity contribution in [2.24, 2.45) is 5.92 Å². The predicted molar refractivity (Wildman–Crippen MR) is 88.9 cm³/mol. The highest BCUT2D eigenvalue weighted by molar-refractivity contribution is 7.16. The number of hydrogen-bond donors (Lipinski definition) is 0. The molecule has 22 heavy (non-hydrogen) atoms. The molecule has 0 saturated heterocycles. The van der Waals surface area contributed by atoms with E-state index in [0.717, 1.165) is 34.1 Å². The molecule has 0 aliphatic heterocycles. The van der Waals surface area contributed by atoms with Crippen molar-refractivity contribution in [2.75, 3.05) is 0 Å². The van der Waals surface area contributed by atoms with Crippen LogP contribution in [0, 0.1) is 17.2 Å². The number of nitriles is 1. The predicted octanol–water partition coefficient (Wildman–Crippen LogP) is 4.09. The first kappa shape index (κ1) is 14.7. The number of rotatable bonds is 4. The molecule has 0 aliphatic rings. The van der Waals surface area contributed by atoms with Crippen molar-refractivity contribution >= 4 is 16.3 Å². The van der Waals surface area contributed by atoms with Crippen LogP contribution in [0.5, 0.6) is 0 Å². The number of aromatic nitrogens is 3. The summed E-state index contributed by atoms with van der Waals surface area (Å²) in [7, 11) is 0. The molecule has 0 fully saturated rings. The largest absolute Gasteiger partial charge is 0.216 e. The molecule has 1 aromatic carbocycles. The fourth-order valence-electron chi connectivity index (χ4n) is 2.50. The molecular weight excluding hydrogens is 292 g/mol. The Hall–Kier alpha value is -2.19. The van der Waals surface area contributed by atoms with E-state index in [2.05, 4.69) is 49.1 Å². The van der Waals surface area contributed by atoms with Gasteiger partial charge in [0, 0.05) is 5.56 Å². The molecule has 5 heteroatoms. The number of imidazole rings is 1. The number of fused-ring (bicyclic) bond motifs is 1. The van der Waals surface area contributed by atoms with Crippen molar-refractivity contribution in [1.29, 1.82) is 5.26 Å². The monoisotopic (exact) mass is 310 g/mol. The molecule has 3 rings (SSSR count). The average Bonchev–Trinajstić information content (AvgIpc) is 3.04. The van der Waals surface area contributed by atoms with Crippen LogP contribution in [0.3, 0.4) is 0 Å². The van der Waals surface area contributed by atoms with Gasteiger partial charge in [-0.1, -0.05) is 56.4 Å². The normalized spacial score (nSPS) is 11.2. The van der Waals surface area contributed by atoms with E-state index in [-0.39, 0.29) is 0 Å². The quantitative estimate of drug-likeness (QED) is 0.729. The molecule has 2 aromatic heterocycles. The average molecular weight is 310 g/mol. The van der Waals surface area contributed by atoms with E-state index < -0.39 is 0 Å². The third-order valence-corrected chi connectivity index (χ3v) is 4.58. The van der Waals surface area contributed by atoms with Crippen molar-refractivity contribution in [1.82, 2.24) is 14.6 Å². The van der Waals surface area contributed by atoms with Gasteiger partial charge in [-0.2, -0.15) is 14.9 Å². The maximum atomic E-state index is 9.48. The fourth-order valence-corrected chi connectivity index (χ4v) is 3.34. The minimum absolute atomic E-state index is 0.516. The molecule has 0 atom stereocenters. The summed E-state index contributed by atoms with van der Waals surface area (Å²) in [5.74, 6) is 0.634. The van der Waals surface area contributed by atoms with Crippen LogP contribution in [0.15, 0.2) is 24.3 Å². The third kappa shape index (κ3) is 2.62. The van der Waals surface area contributed by atoms with Gasteiger partial charge in [0.25, 0.3) is 0 Å². The van der Waals surface area contributed by atoms with Crippen molar-refractivity contribution in [3.8, 4) is 17.3 Å². The molecule has 0 amide bonds. The lowest BCUT2D eigenvalue weighted by Crippen LogP contribution is -1.94. The molecule has 0 saturated carbocycles. The Bertz CT molecular complexity index is 834. The van der Waals surface area contributed by atoms with Crippen LogP contribution in [0.2, 0.25) is 0 Å². The van der Waals surface area contributed by atoms with E-state index in [1.54, 1.807) is 15.9 Å². The van der Waals surface area contributed by atoms with Gasteiger partial charge >= 0.3 is 0 Å². The first-order valence-electron chi connectivity index (χ1n) is 7.50. The van der Waals surface area contributed by atoms with Gasteiger partial charge in [-0.25, -0.2) is 4.98 Å². The lowest BCUT2D eigenvalue weighted by molar-refractivity contribution is 0.647. The van der Waals surface area contributed by atoms with Gasteiger partial charge < -0.3 is 0 Å². The van der Waals surface area contributed by atoms with Gasteiger partial charge in [0.1, 0.15) is 16.8 Å². The topological polar surface area (TPSA) is 54.0 Å². The van der Waals surface area contributed by atoms with Crippen LogP contribution in [-0.2, 0) is 12.8 Å². The minimum atomic E-state index is 0.516. The zero-order valence-electron chi connectivity index (χ0n) is 13.0. The van der Waals surface area contributed by atoms with E-state index >= 15 is 0 Å². The van der Waals surface area contributed by atoms with Crippen molar-refractivity contribution in [3.05, 3.63) is 40.5 Å². The highest BCUT2D eigenvalue weighted by Gasteiger charge is 2.17. The van der Waals surface area contributed by atoms with Gasteiger partial charge in [0.15, 0.2) is 5.69 Å². The second kappa shape index (κ2) is 5.90. The molecule has 0 radical (unpaired) electrons. The maximum Gasteiger partial charge on any atom is 0.214 e. The molecule has 0 unspecified atom stereocenters. The summed E-state index contributed by atoms with van der Waals surface area (Å²) >= 11 is 1.54. The van der Waals surface area contributed by atoms with Crippen molar-refractivity contribution < 1.29 is 0 Å². The van der Waals surface area contributed by atoms with Gasteiger partial charge in [0.2, 0.25) is 4.96 Å². The van der Waals surface area contributed by atoms with Gasteiger partial charge in [0.05, 0.1) is 0 Å². The number of benzene rings is 1. The van der Waals surface area contributed by atoms with Crippen LogP contribution < -0.4 is 0 Å². The summed E-state index contributed by atoms with van der Waals surface area (Å²) < 4.78 is 1.67. The summed E-state index contributed by atoms with van der Waals surface area (Å²) in [6.45, 7) is 6.48. The number of nitrogens with zero attached hydrogens (tertiary/aromatic N) is 4. The Balaban J connectivity index is 2.02. The van der Waals surface area contributed by atoms with Crippen LogP contribution in [0.1, 0.15) is 37.0 Å². The summed E-state index contributed by atoms with van der Waals surface area (Å²) in [6.07, 6.45) is 1.92. The molecule has 0 spiro atoms. The van der Waals surface area contributed by atoms with Crippen LogP contribution in [-0.4, -0.2) is 14.6 Å². The van der Waals surface area contributed by atoms with Gasteiger partial charge in [-0.15, -0.1) is 0 Å². The lowest BCUT2D eigenvalue weighted by atomic mass is 10.0. The van der Waals surface area contributed by atoms with Crippen molar-refractivity contribution in [2.45, 2.75) is 33.6 Å². The summed E-state index contributed by atoms with van der Waals surface area (Å²) in [4.78, 5) is 5.40. The summed E-state index contributed by atoms with van der Waals surface area (Å²) in [5, 5.41) is 14.9. The summed E-state index contributed by atoms with van der Waals surface area (Å²) in [5.41, 5.74) is 3.52. The van der Waals surface area contributed by atoms with Gasteiger partial charge in [-0.05, 0) is 24.3 Å². The highest BCUT2D eigenvalue weighted by Crippen LogP contribution is 2.27. The minimum Gasteiger partial charge on any atom is -0.216 e. The Morgan fingerprint density at radius 2 is 2.00 bits per heavy atom. The van der Waals surface area contributed by atoms with Crippen LogP contribution in [0.25, 0.3) is 16.2 Å². The Morgan fingerprint density at radius 1 is 1.27 bits per heavy atom. The van der Waals surface area contributed by atoms with Gasteiger partial charge in [-0.3, -0.25) is 0 Å². The lowest BCUT2D eigenvalue weighted by Gasteiger charge is -2.05. The Kier molecular flexibility index (Phi) is 3.95. The Labute approximate surface area is 134 Å². The first-order chi connectivity index (χ1) is 10.6. The molecule has 2 heterocycles. The van der Waals surface area contributed by atoms with E-state index in [9.17, 15) is 5.26 Å². The van der Waals surface area contributed by atoms with E-state index in [1.165, 1.54) is 5.56 Å². The Morgan fingerprint density at radius 3 is 2.59 bits per heavy atom. The van der Waals surface area contributed by atoms with Crippen LogP contribution in [0.4, 0.5) is 0 Å². The maximum absolute atomic E-state index is 9.48. The fraction of sp³-hybridized carbons (Fsp3) is 0.353. The number of hydrogen-bond acceptors (Lipinski definition) is 4. The zero-order valence-corrected chi connectivity index (χ0v) is 13.8. The molecule has 0 aliphatic carbocycles. The second-order valence-electron chi connectivity index (χ2n) is 5.76. The molecule has 3 aromatic rings. The van der Waals surface area contributed by atoms with E-state index in [4.69, 9.17) is 0 Å². The standard InChI is InChI=1S/C17H18N4S/c1-4-15-20-21-14(10-18)16(19-17(21)22-15)13-7-5-12(6-8-13)9-11(2)3/h5-8,11H,4,9H2,1-3H3. The van der Waals surface area contributed by atoms with Crippen molar-refractivity contribution in [3.63, 3.8) is 0 Å².